The van der Waals surface area contributed by atoms with Crippen molar-refractivity contribution in [2.45, 2.75) is 45.9 Å². The molecule has 0 saturated heterocycles. The molecule has 1 N–H and O–H groups in total. The van der Waals surface area contributed by atoms with Crippen molar-refractivity contribution in [1.29, 1.82) is 0 Å². The lowest BCUT2D eigenvalue weighted by Gasteiger charge is -2.25. The molecule has 1 atom stereocenters. The van der Waals surface area contributed by atoms with Gasteiger partial charge in [-0.1, -0.05) is 55.3 Å². The lowest BCUT2D eigenvalue weighted by atomic mass is 10.1. The minimum Gasteiger partial charge on any atom is -0.392 e. The molecule has 0 aromatic heterocycles. The molecular weight excluding hydrogens is 289 g/mol. The van der Waals surface area contributed by atoms with Gasteiger partial charge in [0.25, 0.3) is 0 Å². The summed E-state index contributed by atoms with van der Waals surface area (Å²) in [7, 11) is 0. The van der Waals surface area contributed by atoms with E-state index in [-0.39, 0.29) is 11.9 Å². The minimum atomic E-state index is -0.328. The summed E-state index contributed by atoms with van der Waals surface area (Å²) in [6.45, 7) is 6.25. The second-order valence-corrected chi connectivity index (χ2v) is 6.22. The molecule has 0 saturated carbocycles. The van der Waals surface area contributed by atoms with E-state index >= 15 is 0 Å². The number of aryl methyl sites for hydroxylation is 1. The molecule has 2 aromatic carbocycles. The van der Waals surface area contributed by atoms with Gasteiger partial charge in [-0.2, -0.15) is 0 Å². The number of hydrogen-bond acceptors (Lipinski definition) is 2. The molecule has 0 fully saturated rings. The second-order valence-electron chi connectivity index (χ2n) is 6.22. The average Bonchev–Trinajstić information content (AvgIpc) is 2.52. The smallest absolute Gasteiger partial charge is 0.123 e. The summed E-state index contributed by atoms with van der Waals surface area (Å²) in [5.41, 5.74) is 3.52. The Bertz CT molecular complexity index is 532. The van der Waals surface area contributed by atoms with Gasteiger partial charge in [-0.15, -0.1) is 0 Å². The van der Waals surface area contributed by atoms with E-state index in [0.29, 0.717) is 13.1 Å². The molecule has 0 radical (unpaired) electrons. The van der Waals surface area contributed by atoms with Gasteiger partial charge < -0.3 is 5.11 Å². The highest BCUT2D eigenvalue weighted by Crippen LogP contribution is 2.13. The van der Waals surface area contributed by atoms with Crippen LogP contribution in [0.3, 0.4) is 0 Å². The Balaban J connectivity index is 2.06. The van der Waals surface area contributed by atoms with Gasteiger partial charge in [0.1, 0.15) is 5.82 Å². The summed E-state index contributed by atoms with van der Waals surface area (Å²) in [4.78, 5) is 2.22. The topological polar surface area (TPSA) is 23.5 Å². The highest BCUT2D eigenvalue weighted by molar-refractivity contribution is 5.22. The van der Waals surface area contributed by atoms with E-state index in [1.807, 2.05) is 12.1 Å². The zero-order chi connectivity index (χ0) is 16.7. The first-order chi connectivity index (χ1) is 11.1. The summed E-state index contributed by atoms with van der Waals surface area (Å²) in [5.74, 6) is -0.218. The number of nitrogens with zero attached hydrogens (tertiary/aromatic N) is 1. The van der Waals surface area contributed by atoms with Crippen LogP contribution in [0.4, 0.5) is 4.39 Å². The Kier molecular flexibility index (Phi) is 6.75. The Morgan fingerprint density at radius 3 is 2.00 bits per heavy atom. The maximum atomic E-state index is 13.1. The van der Waals surface area contributed by atoms with E-state index in [1.54, 1.807) is 0 Å². The maximum absolute atomic E-state index is 13.1. The molecule has 2 rings (SSSR count). The van der Waals surface area contributed by atoms with Crippen molar-refractivity contribution in [1.82, 2.24) is 4.90 Å². The van der Waals surface area contributed by atoms with Crippen molar-refractivity contribution in [3.8, 4) is 0 Å². The van der Waals surface area contributed by atoms with Gasteiger partial charge in [-0.3, -0.25) is 4.90 Å². The molecule has 0 amide bonds. The van der Waals surface area contributed by atoms with Crippen LogP contribution in [0.1, 0.15) is 36.5 Å². The van der Waals surface area contributed by atoms with Crippen LogP contribution in [0.25, 0.3) is 0 Å². The summed E-state index contributed by atoms with van der Waals surface area (Å²) in [5, 5.41) is 10.2. The van der Waals surface area contributed by atoms with Gasteiger partial charge in [0.2, 0.25) is 0 Å². The third-order valence-electron chi connectivity index (χ3n) is 3.94. The molecule has 2 aromatic rings. The fourth-order valence-corrected chi connectivity index (χ4v) is 2.71. The monoisotopic (exact) mass is 315 g/mol. The zero-order valence-corrected chi connectivity index (χ0v) is 14.0. The molecule has 0 aliphatic heterocycles. The number of benzene rings is 2. The molecule has 1 unspecified atom stereocenters. The van der Waals surface area contributed by atoms with Crippen molar-refractivity contribution in [2.75, 3.05) is 6.54 Å². The number of hydrogen-bond donors (Lipinski definition) is 1. The quantitative estimate of drug-likeness (QED) is 0.785. The normalized spacial score (nSPS) is 12.6. The van der Waals surface area contributed by atoms with Gasteiger partial charge in [-0.05, 0) is 36.6 Å². The molecule has 3 heteroatoms. The largest absolute Gasteiger partial charge is 0.392 e. The van der Waals surface area contributed by atoms with Crippen LogP contribution in [-0.2, 0) is 13.1 Å². The van der Waals surface area contributed by atoms with Gasteiger partial charge in [0.05, 0.1) is 6.10 Å². The lowest BCUT2D eigenvalue weighted by Crippen LogP contribution is -2.31. The molecule has 0 aliphatic carbocycles. The van der Waals surface area contributed by atoms with E-state index in [2.05, 4.69) is 43.0 Å². The van der Waals surface area contributed by atoms with E-state index in [0.717, 1.165) is 24.9 Å². The van der Waals surface area contributed by atoms with E-state index in [4.69, 9.17) is 0 Å². The first kappa shape index (κ1) is 17.6. The summed E-state index contributed by atoms with van der Waals surface area (Å²) >= 11 is 0. The number of aliphatic hydroxyl groups is 1. The van der Waals surface area contributed by atoms with Crippen LogP contribution in [-0.4, -0.2) is 22.7 Å². The Hall–Kier alpha value is -1.71. The molecule has 0 bridgehead atoms. The second kappa shape index (κ2) is 8.80. The van der Waals surface area contributed by atoms with E-state index in [9.17, 15) is 9.50 Å². The van der Waals surface area contributed by atoms with Crippen LogP contribution in [0.15, 0.2) is 48.5 Å². The highest BCUT2D eigenvalue weighted by Gasteiger charge is 2.12. The van der Waals surface area contributed by atoms with Crippen LogP contribution in [0, 0.1) is 12.7 Å². The number of aliphatic hydroxyl groups excluding tert-OH is 1. The number of halogens is 1. The third-order valence-corrected chi connectivity index (χ3v) is 3.94. The zero-order valence-electron chi connectivity index (χ0n) is 14.0. The SMILES string of the molecule is CCCC(O)CN(Cc1ccc(C)cc1)Cc1ccc(F)cc1. The van der Waals surface area contributed by atoms with E-state index < -0.39 is 0 Å². The summed E-state index contributed by atoms with van der Waals surface area (Å²) < 4.78 is 13.1. The molecule has 0 spiro atoms. The van der Waals surface area contributed by atoms with Gasteiger partial charge in [-0.25, -0.2) is 4.39 Å². The standard InChI is InChI=1S/C20H26FNO/c1-3-4-20(23)15-22(13-17-7-5-16(2)6-8-17)14-18-9-11-19(21)12-10-18/h5-12,20,23H,3-4,13-15H2,1-2H3. The highest BCUT2D eigenvalue weighted by atomic mass is 19.1. The predicted molar refractivity (Wildman–Crippen MR) is 92.6 cm³/mol. The predicted octanol–water partition coefficient (Wildman–Crippen LogP) is 4.30. The third kappa shape index (κ3) is 6.12. The lowest BCUT2D eigenvalue weighted by molar-refractivity contribution is 0.0970. The molecule has 2 nitrogen and oxygen atoms in total. The van der Waals surface area contributed by atoms with Gasteiger partial charge in [0.15, 0.2) is 0 Å². The van der Waals surface area contributed by atoms with Gasteiger partial charge >= 0.3 is 0 Å². The van der Waals surface area contributed by atoms with Gasteiger partial charge in [0, 0.05) is 19.6 Å². The molecule has 0 aliphatic rings. The summed E-state index contributed by atoms with van der Waals surface area (Å²) in [6.07, 6.45) is 1.44. The van der Waals surface area contributed by atoms with Crippen LogP contribution < -0.4 is 0 Å². The molecule has 0 heterocycles. The Morgan fingerprint density at radius 1 is 0.957 bits per heavy atom. The Labute approximate surface area is 138 Å². The average molecular weight is 315 g/mol. The fourth-order valence-electron chi connectivity index (χ4n) is 2.71. The summed E-state index contributed by atoms with van der Waals surface area (Å²) in [6, 6.07) is 15.1. The minimum absolute atomic E-state index is 0.218. The fraction of sp³-hybridized carbons (Fsp3) is 0.400. The van der Waals surface area contributed by atoms with Crippen molar-refractivity contribution in [3.63, 3.8) is 0 Å². The first-order valence-corrected chi connectivity index (χ1v) is 8.27. The molecule has 124 valence electrons. The van der Waals surface area contributed by atoms with Crippen LogP contribution in [0.2, 0.25) is 0 Å². The molecular formula is C20H26FNO. The van der Waals surface area contributed by atoms with Crippen molar-refractivity contribution >= 4 is 0 Å². The first-order valence-electron chi connectivity index (χ1n) is 8.27. The van der Waals surface area contributed by atoms with E-state index in [1.165, 1.54) is 23.3 Å². The van der Waals surface area contributed by atoms with Crippen LogP contribution in [0.5, 0.6) is 0 Å². The maximum Gasteiger partial charge on any atom is 0.123 e. The number of rotatable bonds is 8. The van der Waals surface area contributed by atoms with Crippen molar-refractivity contribution < 1.29 is 9.50 Å². The van der Waals surface area contributed by atoms with Crippen molar-refractivity contribution in [3.05, 3.63) is 71.0 Å². The Morgan fingerprint density at radius 2 is 1.48 bits per heavy atom. The van der Waals surface area contributed by atoms with Crippen molar-refractivity contribution in [2.24, 2.45) is 0 Å². The van der Waals surface area contributed by atoms with Crippen LogP contribution >= 0.6 is 0 Å². The molecule has 23 heavy (non-hydrogen) atoms.